The zero-order valence-corrected chi connectivity index (χ0v) is 10.2. The Labute approximate surface area is 107 Å². The topological polar surface area (TPSA) is 62.2 Å². The van der Waals surface area contributed by atoms with Crippen molar-refractivity contribution in [3.8, 4) is 5.75 Å². The molecule has 2 rings (SSSR count). The maximum absolute atomic E-state index is 12.8. The summed E-state index contributed by atoms with van der Waals surface area (Å²) in [5.41, 5.74) is 0.0653. The Morgan fingerprint density at radius 3 is 3.00 bits per heavy atom. The number of hydrogen-bond donors (Lipinski definition) is 2. The molecule has 0 aliphatic rings. The zero-order chi connectivity index (χ0) is 13.0. The molecule has 1 heterocycles. The van der Waals surface area contributed by atoms with Gasteiger partial charge in [-0.25, -0.2) is 9.37 Å². The van der Waals surface area contributed by atoms with Crippen LogP contribution in [0.2, 0.25) is 0 Å². The van der Waals surface area contributed by atoms with Gasteiger partial charge in [0.25, 0.3) is 5.91 Å². The number of benzene rings is 1. The van der Waals surface area contributed by atoms with E-state index in [1.165, 1.54) is 17.4 Å². The van der Waals surface area contributed by atoms with E-state index in [0.29, 0.717) is 13.0 Å². The number of phenolic OH excluding ortho intramolecular Hbond substituents is 1. The maximum Gasteiger partial charge on any atom is 0.255 e. The van der Waals surface area contributed by atoms with Crippen LogP contribution in [0.3, 0.4) is 0 Å². The Kier molecular flexibility index (Phi) is 3.88. The molecule has 0 fully saturated rings. The molecular weight excluding hydrogens is 255 g/mol. The highest BCUT2D eigenvalue weighted by Crippen LogP contribution is 2.17. The fourth-order valence-corrected chi connectivity index (χ4v) is 2.07. The molecule has 0 aliphatic heterocycles. The Morgan fingerprint density at radius 2 is 2.33 bits per heavy atom. The molecule has 1 aromatic carbocycles. The second-order valence-corrected chi connectivity index (χ2v) is 4.57. The molecule has 2 aromatic rings. The summed E-state index contributed by atoms with van der Waals surface area (Å²) < 4.78 is 12.8. The van der Waals surface area contributed by atoms with E-state index in [-0.39, 0.29) is 11.3 Å². The first-order valence-electron chi connectivity index (χ1n) is 5.32. The highest BCUT2D eigenvalue weighted by atomic mass is 32.1. The van der Waals surface area contributed by atoms with Gasteiger partial charge in [-0.3, -0.25) is 4.79 Å². The van der Waals surface area contributed by atoms with Gasteiger partial charge in [-0.2, -0.15) is 0 Å². The molecule has 0 spiro atoms. The Bertz CT molecular complexity index is 543. The lowest BCUT2D eigenvalue weighted by Gasteiger charge is -2.05. The fraction of sp³-hybridized carbons (Fsp3) is 0.167. The third-order valence-corrected chi connectivity index (χ3v) is 3.15. The molecule has 0 radical (unpaired) electrons. The summed E-state index contributed by atoms with van der Waals surface area (Å²) in [6.07, 6.45) is 2.33. The van der Waals surface area contributed by atoms with E-state index >= 15 is 0 Å². The second-order valence-electron chi connectivity index (χ2n) is 3.59. The maximum atomic E-state index is 12.8. The number of rotatable bonds is 4. The van der Waals surface area contributed by atoms with E-state index in [2.05, 4.69) is 10.3 Å². The van der Waals surface area contributed by atoms with Crippen LogP contribution >= 0.6 is 11.3 Å². The van der Waals surface area contributed by atoms with Gasteiger partial charge in [0.2, 0.25) is 0 Å². The normalized spacial score (nSPS) is 10.3. The van der Waals surface area contributed by atoms with Crippen LogP contribution in [-0.4, -0.2) is 22.5 Å². The van der Waals surface area contributed by atoms with Crippen molar-refractivity contribution >= 4 is 17.2 Å². The minimum absolute atomic E-state index is 0.0653. The SMILES string of the molecule is O=C(NCCc1nccs1)c1ccc(F)cc1O. The van der Waals surface area contributed by atoms with Crippen molar-refractivity contribution in [1.29, 1.82) is 0 Å². The summed E-state index contributed by atoms with van der Waals surface area (Å²) in [4.78, 5) is 15.8. The van der Waals surface area contributed by atoms with Gasteiger partial charge in [0.1, 0.15) is 11.6 Å². The predicted molar refractivity (Wildman–Crippen MR) is 66.2 cm³/mol. The monoisotopic (exact) mass is 266 g/mol. The van der Waals surface area contributed by atoms with Crippen molar-refractivity contribution in [3.63, 3.8) is 0 Å². The van der Waals surface area contributed by atoms with E-state index in [1.54, 1.807) is 6.20 Å². The quantitative estimate of drug-likeness (QED) is 0.889. The van der Waals surface area contributed by atoms with Gasteiger partial charge in [-0.05, 0) is 12.1 Å². The second kappa shape index (κ2) is 5.59. The van der Waals surface area contributed by atoms with Crippen LogP contribution in [0.5, 0.6) is 5.75 Å². The van der Waals surface area contributed by atoms with Crippen LogP contribution in [0.1, 0.15) is 15.4 Å². The third-order valence-electron chi connectivity index (χ3n) is 2.31. The van der Waals surface area contributed by atoms with Crippen LogP contribution in [0.4, 0.5) is 4.39 Å². The molecule has 1 aromatic heterocycles. The molecule has 1 amide bonds. The predicted octanol–water partition coefficient (Wildman–Crippen LogP) is 1.96. The molecule has 2 N–H and O–H groups in total. The summed E-state index contributed by atoms with van der Waals surface area (Å²) in [7, 11) is 0. The summed E-state index contributed by atoms with van der Waals surface area (Å²) in [5, 5.41) is 14.9. The molecule has 6 heteroatoms. The van der Waals surface area contributed by atoms with E-state index in [4.69, 9.17) is 0 Å². The zero-order valence-electron chi connectivity index (χ0n) is 9.39. The van der Waals surface area contributed by atoms with Gasteiger partial charge in [0.05, 0.1) is 10.6 Å². The lowest BCUT2D eigenvalue weighted by atomic mass is 10.2. The van der Waals surface area contributed by atoms with E-state index in [9.17, 15) is 14.3 Å². The molecule has 18 heavy (non-hydrogen) atoms. The molecule has 0 atom stereocenters. The minimum Gasteiger partial charge on any atom is -0.507 e. The first-order chi connectivity index (χ1) is 8.66. The molecule has 0 saturated carbocycles. The average molecular weight is 266 g/mol. The van der Waals surface area contributed by atoms with Crippen molar-refractivity contribution in [3.05, 3.63) is 46.2 Å². The van der Waals surface area contributed by atoms with Crippen LogP contribution in [-0.2, 0) is 6.42 Å². The van der Waals surface area contributed by atoms with Crippen molar-refractivity contribution < 1.29 is 14.3 Å². The fourth-order valence-electron chi connectivity index (χ4n) is 1.45. The minimum atomic E-state index is -0.577. The van der Waals surface area contributed by atoms with E-state index in [1.807, 2.05) is 5.38 Å². The van der Waals surface area contributed by atoms with Crippen molar-refractivity contribution in [2.45, 2.75) is 6.42 Å². The number of nitrogens with zero attached hydrogens (tertiary/aromatic N) is 1. The first kappa shape index (κ1) is 12.5. The number of thiazole rings is 1. The number of aromatic hydroxyl groups is 1. The number of carbonyl (C=O) groups is 1. The Balaban J connectivity index is 1.91. The van der Waals surface area contributed by atoms with Gasteiger partial charge in [-0.15, -0.1) is 11.3 Å². The first-order valence-corrected chi connectivity index (χ1v) is 6.20. The molecule has 94 valence electrons. The number of aromatic nitrogens is 1. The molecule has 0 aliphatic carbocycles. The van der Waals surface area contributed by atoms with Crippen molar-refractivity contribution in [1.82, 2.24) is 10.3 Å². The highest BCUT2D eigenvalue weighted by Gasteiger charge is 2.11. The summed E-state index contributed by atoms with van der Waals surface area (Å²) >= 11 is 1.51. The number of nitrogens with one attached hydrogen (secondary N) is 1. The summed E-state index contributed by atoms with van der Waals surface area (Å²) in [6, 6.07) is 3.30. The van der Waals surface area contributed by atoms with Crippen LogP contribution < -0.4 is 5.32 Å². The smallest absolute Gasteiger partial charge is 0.255 e. The van der Waals surface area contributed by atoms with E-state index < -0.39 is 11.7 Å². The number of carbonyl (C=O) groups excluding carboxylic acids is 1. The van der Waals surface area contributed by atoms with Gasteiger partial charge in [-0.1, -0.05) is 0 Å². The summed E-state index contributed by atoms with van der Waals surface area (Å²) in [6.45, 7) is 0.420. The number of amides is 1. The van der Waals surface area contributed by atoms with Crippen LogP contribution in [0, 0.1) is 5.82 Å². The third kappa shape index (κ3) is 3.04. The van der Waals surface area contributed by atoms with Gasteiger partial charge >= 0.3 is 0 Å². The van der Waals surface area contributed by atoms with Crippen molar-refractivity contribution in [2.75, 3.05) is 6.54 Å². The average Bonchev–Trinajstić information content (AvgIpc) is 2.81. The van der Waals surface area contributed by atoms with Crippen LogP contribution in [0.25, 0.3) is 0 Å². The molecule has 0 saturated heterocycles. The van der Waals surface area contributed by atoms with Crippen molar-refractivity contribution in [2.24, 2.45) is 0 Å². The number of halogens is 1. The van der Waals surface area contributed by atoms with E-state index in [0.717, 1.165) is 17.1 Å². The highest BCUT2D eigenvalue weighted by molar-refractivity contribution is 7.09. The van der Waals surface area contributed by atoms with Gasteiger partial charge in [0.15, 0.2) is 0 Å². The molecular formula is C12H11FN2O2S. The molecule has 0 bridgehead atoms. The Hall–Kier alpha value is -1.95. The van der Waals surface area contributed by atoms with Gasteiger partial charge in [0, 0.05) is 30.6 Å². The molecule has 4 nitrogen and oxygen atoms in total. The molecule has 0 unspecified atom stereocenters. The van der Waals surface area contributed by atoms with Crippen LogP contribution in [0.15, 0.2) is 29.8 Å². The number of phenols is 1. The Morgan fingerprint density at radius 1 is 1.50 bits per heavy atom. The largest absolute Gasteiger partial charge is 0.507 e. The summed E-state index contributed by atoms with van der Waals surface area (Å²) in [5.74, 6) is -1.36. The standard InChI is InChI=1S/C12H11FN2O2S/c13-8-1-2-9(10(16)7-8)12(17)15-4-3-11-14-5-6-18-11/h1-2,5-7,16H,3-4H2,(H,15,17). The lowest BCUT2D eigenvalue weighted by Crippen LogP contribution is -2.25. The lowest BCUT2D eigenvalue weighted by molar-refractivity contribution is 0.0951. The van der Waals surface area contributed by atoms with Gasteiger partial charge < -0.3 is 10.4 Å². The number of hydrogen-bond acceptors (Lipinski definition) is 4.